The molecular formula is C13H15FN2O2. The largest absolute Gasteiger partial charge is 0.469 e. The number of carbonyl (C=O) groups excluding carboxylic acids is 1. The first-order valence-corrected chi connectivity index (χ1v) is 5.53. The van der Waals surface area contributed by atoms with Gasteiger partial charge in [-0.15, -0.1) is 0 Å². The van der Waals surface area contributed by atoms with Crippen LogP contribution in [0.15, 0.2) is 18.2 Å². The SMILES string of the molecule is COC(=O)C(C)C(C)Nc1ccc(F)cc1C#N. The third-order valence-corrected chi connectivity index (χ3v) is 2.81. The number of carbonyl (C=O) groups is 1. The van der Waals surface area contributed by atoms with Gasteiger partial charge in [0.1, 0.15) is 11.9 Å². The van der Waals surface area contributed by atoms with Crippen molar-refractivity contribution in [1.29, 1.82) is 5.26 Å². The zero-order valence-electron chi connectivity index (χ0n) is 10.5. The third kappa shape index (κ3) is 3.20. The van der Waals surface area contributed by atoms with Crippen LogP contribution in [0.25, 0.3) is 0 Å². The van der Waals surface area contributed by atoms with E-state index in [9.17, 15) is 9.18 Å². The van der Waals surface area contributed by atoms with Gasteiger partial charge in [0.25, 0.3) is 0 Å². The number of benzene rings is 1. The first-order valence-electron chi connectivity index (χ1n) is 5.53. The fraction of sp³-hybridized carbons (Fsp3) is 0.385. The van der Waals surface area contributed by atoms with Gasteiger partial charge in [-0.1, -0.05) is 0 Å². The van der Waals surface area contributed by atoms with Crippen molar-refractivity contribution in [3.63, 3.8) is 0 Å². The average molecular weight is 250 g/mol. The number of rotatable bonds is 4. The first-order chi connectivity index (χ1) is 8.49. The zero-order valence-corrected chi connectivity index (χ0v) is 10.5. The fourth-order valence-electron chi connectivity index (χ4n) is 1.50. The molecule has 0 aliphatic heterocycles. The summed E-state index contributed by atoms with van der Waals surface area (Å²) in [4.78, 5) is 11.4. The van der Waals surface area contributed by atoms with Crippen LogP contribution in [0.4, 0.5) is 10.1 Å². The number of hydrogen-bond donors (Lipinski definition) is 1. The van der Waals surface area contributed by atoms with Crippen LogP contribution in [-0.2, 0) is 9.53 Å². The molecule has 0 saturated carbocycles. The lowest BCUT2D eigenvalue weighted by Crippen LogP contribution is -2.31. The highest BCUT2D eigenvalue weighted by atomic mass is 19.1. The normalized spacial score (nSPS) is 13.3. The predicted molar refractivity (Wildman–Crippen MR) is 65.4 cm³/mol. The molecule has 2 unspecified atom stereocenters. The number of nitrogens with zero attached hydrogens (tertiary/aromatic N) is 1. The maximum atomic E-state index is 13.0. The monoisotopic (exact) mass is 250 g/mol. The average Bonchev–Trinajstić information content (AvgIpc) is 2.38. The molecule has 0 amide bonds. The van der Waals surface area contributed by atoms with Crippen molar-refractivity contribution in [2.75, 3.05) is 12.4 Å². The van der Waals surface area contributed by atoms with E-state index in [1.54, 1.807) is 13.8 Å². The summed E-state index contributed by atoms with van der Waals surface area (Å²) >= 11 is 0. The minimum absolute atomic E-state index is 0.207. The highest BCUT2D eigenvalue weighted by Crippen LogP contribution is 2.19. The van der Waals surface area contributed by atoms with Crippen molar-refractivity contribution in [2.24, 2.45) is 5.92 Å². The summed E-state index contributed by atoms with van der Waals surface area (Å²) in [5.41, 5.74) is 0.709. The number of ether oxygens (including phenoxy) is 1. The summed E-state index contributed by atoms with van der Waals surface area (Å²) in [6.45, 7) is 3.52. The number of methoxy groups -OCH3 is 1. The highest BCUT2D eigenvalue weighted by Gasteiger charge is 2.21. The quantitative estimate of drug-likeness (QED) is 0.833. The molecule has 0 fully saturated rings. The van der Waals surface area contributed by atoms with Crippen LogP contribution < -0.4 is 5.32 Å². The second-order valence-corrected chi connectivity index (χ2v) is 4.05. The van der Waals surface area contributed by atoms with Crippen LogP contribution in [-0.4, -0.2) is 19.1 Å². The van der Waals surface area contributed by atoms with Gasteiger partial charge in [0.05, 0.1) is 24.3 Å². The van der Waals surface area contributed by atoms with E-state index in [1.807, 2.05) is 6.07 Å². The summed E-state index contributed by atoms with van der Waals surface area (Å²) in [5, 5.41) is 11.9. The van der Waals surface area contributed by atoms with E-state index >= 15 is 0 Å². The number of esters is 1. The molecule has 0 aromatic heterocycles. The number of hydrogen-bond acceptors (Lipinski definition) is 4. The van der Waals surface area contributed by atoms with Crippen molar-refractivity contribution in [3.8, 4) is 6.07 Å². The second kappa shape index (κ2) is 6.01. The maximum absolute atomic E-state index is 13.0. The number of nitriles is 1. The lowest BCUT2D eigenvalue weighted by Gasteiger charge is -2.21. The van der Waals surface area contributed by atoms with Crippen LogP contribution in [0, 0.1) is 23.1 Å². The molecule has 0 aliphatic carbocycles. The summed E-state index contributed by atoms with van der Waals surface area (Å²) in [5.74, 6) is -1.17. The molecule has 0 bridgehead atoms. The highest BCUT2D eigenvalue weighted by molar-refractivity contribution is 5.73. The Labute approximate surface area is 105 Å². The molecule has 1 aromatic rings. The van der Waals surface area contributed by atoms with Gasteiger partial charge in [0.2, 0.25) is 0 Å². The van der Waals surface area contributed by atoms with Gasteiger partial charge in [-0.25, -0.2) is 4.39 Å². The molecule has 1 rings (SSSR count). The Morgan fingerprint density at radius 1 is 1.50 bits per heavy atom. The number of nitrogens with one attached hydrogen (secondary N) is 1. The van der Waals surface area contributed by atoms with Gasteiger partial charge in [-0.05, 0) is 32.0 Å². The molecule has 18 heavy (non-hydrogen) atoms. The fourth-order valence-corrected chi connectivity index (χ4v) is 1.50. The Balaban J connectivity index is 2.85. The van der Waals surface area contributed by atoms with Gasteiger partial charge in [0.15, 0.2) is 0 Å². The molecule has 0 radical (unpaired) electrons. The smallest absolute Gasteiger partial charge is 0.310 e. The Kier molecular flexibility index (Phi) is 4.67. The van der Waals surface area contributed by atoms with Gasteiger partial charge >= 0.3 is 5.97 Å². The Morgan fingerprint density at radius 2 is 2.17 bits per heavy atom. The van der Waals surface area contributed by atoms with Crippen molar-refractivity contribution in [3.05, 3.63) is 29.6 Å². The molecule has 96 valence electrons. The molecule has 0 saturated heterocycles. The van der Waals surface area contributed by atoms with E-state index in [0.29, 0.717) is 5.69 Å². The van der Waals surface area contributed by atoms with Crippen molar-refractivity contribution >= 4 is 11.7 Å². The minimum atomic E-state index is -0.467. The van der Waals surface area contributed by atoms with Crippen LogP contribution in [0.3, 0.4) is 0 Å². The summed E-state index contributed by atoms with van der Waals surface area (Å²) in [7, 11) is 1.32. The topological polar surface area (TPSA) is 62.1 Å². The molecule has 5 heteroatoms. The third-order valence-electron chi connectivity index (χ3n) is 2.81. The van der Waals surface area contributed by atoms with Gasteiger partial charge in [-0.3, -0.25) is 4.79 Å². The summed E-state index contributed by atoms with van der Waals surface area (Å²) in [6.07, 6.45) is 0. The van der Waals surface area contributed by atoms with E-state index in [2.05, 4.69) is 10.1 Å². The van der Waals surface area contributed by atoms with Crippen LogP contribution in [0.2, 0.25) is 0 Å². The van der Waals surface area contributed by atoms with Crippen LogP contribution in [0.5, 0.6) is 0 Å². The molecular weight excluding hydrogens is 235 g/mol. The van der Waals surface area contributed by atoms with Crippen LogP contribution >= 0.6 is 0 Å². The lowest BCUT2D eigenvalue weighted by molar-refractivity contribution is -0.145. The lowest BCUT2D eigenvalue weighted by atomic mass is 10.0. The van der Waals surface area contributed by atoms with E-state index in [4.69, 9.17) is 5.26 Å². The summed E-state index contributed by atoms with van der Waals surface area (Å²) in [6, 6.07) is 5.57. The Hall–Kier alpha value is -2.09. The van der Waals surface area contributed by atoms with Gasteiger partial charge in [-0.2, -0.15) is 5.26 Å². The van der Waals surface area contributed by atoms with Gasteiger partial charge in [0, 0.05) is 6.04 Å². The number of anilines is 1. The molecule has 0 heterocycles. The maximum Gasteiger partial charge on any atom is 0.310 e. The predicted octanol–water partition coefficient (Wildman–Crippen LogP) is 2.31. The second-order valence-electron chi connectivity index (χ2n) is 4.05. The molecule has 0 spiro atoms. The van der Waals surface area contributed by atoms with E-state index in [1.165, 1.54) is 19.2 Å². The molecule has 1 aromatic carbocycles. The molecule has 2 atom stereocenters. The van der Waals surface area contributed by atoms with E-state index in [0.717, 1.165) is 6.07 Å². The molecule has 0 aliphatic rings. The minimum Gasteiger partial charge on any atom is -0.469 e. The van der Waals surface area contributed by atoms with Gasteiger partial charge < -0.3 is 10.1 Å². The standard InChI is InChI=1S/C13H15FN2O2/c1-8(13(17)18-3)9(2)16-12-5-4-11(14)6-10(12)7-15/h4-6,8-9,16H,1-3H3. The first kappa shape index (κ1) is 14.0. The van der Waals surface area contributed by atoms with Crippen LogP contribution in [0.1, 0.15) is 19.4 Å². The summed E-state index contributed by atoms with van der Waals surface area (Å²) < 4.78 is 17.6. The Bertz CT molecular complexity index is 482. The molecule has 1 N–H and O–H groups in total. The van der Waals surface area contributed by atoms with Crippen molar-refractivity contribution in [1.82, 2.24) is 0 Å². The van der Waals surface area contributed by atoms with E-state index < -0.39 is 5.82 Å². The van der Waals surface area contributed by atoms with Crippen molar-refractivity contribution < 1.29 is 13.9 Å². The van der Waals surface area contributed by atoms with E-state index in [-0.39, 0.29) is 23.5 Å². The molecule has 4 nitrogen and oxygen atoms in total. The zero-order chi connectivity index (χ0) is 13.7. The Morgan fingerprint density at radius 3 is 2.72 bits per heavy atom. The van der Waals surface area contributed by atoms with Crippen molar-refractivity contribution in [2.45, 2.75) is 19.9 Å². The number of halogens is 1.